The fourth-order valence-corrected chi connectivity index (χ4v) is 2.41. The second-order valence-electron chi connectivity index (χ2n) is 4.38. The highest BCUT2D eigenvalue weighted by Crippen LogP contribution is 2.29. The fourth-order valence-electron chi connectivity index (χ4n) is 2.41. The van der Waals surface area contributed by atoms with E-state index < -0.39 is 0 Å². The summed E-state index contributed by atoms with van der Waals surface area (Å²) in [6, 6.07) is 10.7. The summed E-state index contributed by atoms with van der Waals surface area (Å²) < 4.78 is 0. The second kappa shape index (κ2) is 4.65. The molecule has 0 bridgehead atoms. The fraction of sp³-hybridized carbons (Fsp3) is 0.400. The summed E-state index contributed by atoms with van der Waals surface area (Å²) in [5.74, 6) is 0.659. The minimum absolute atomic E-state index is 0.659. The predicted octanol–water partition coefficient (Wildman–Crippen LogP) is 4.45. The average Bonchev–Trinajstić information content (AvgIpc) is 2.30. The maximum Gasteiger partial charge on any atom is 0.0708 e. The number of hydrogen-bond donors (Lipinski definition) is 0. The third-order valence-electron chi connectivity index (χ3n) is 3.30. The topological polar surface area (TPSA) is 12.9 Å². The Balaban J connectivity index is 2.66. The van der Waals surface area contributed by atoms with Gasteiger partial charge in [0.2, 0.25) is 0 Å². The van der Waals surface area contributed by atoms with Crippen molar-refractivity contribution >= 4 is 10.9 Å². The van der Waals surface area contributed by atoms with E-state index in [4.69, 9.17) is 0 Å². The third kappa shape index (κ3) is 1.95. The molecule has 0 unspecified atom stereocenters. The molecule has 2 aromatic rings. The summed E-state index contributed by atoms with van der Waals surface area (Å²) in [4.78, 5) is 4.59. The van der Waals surface area contributed by atoms with Gasteiger partial charge in [-0.2, -0.15) is 0 Å². The summed E-state index contributed by atoms with van der Waals surface area (Å²) in [5.41, 5.74) is 3.72. The van der Waals surface area contributed by atoms with Crippen LogP contribution in [0, 0.1) is 6.92 Å². The van der Waals surface area contributed by atoms with Crippen LogP contribution in [0.2, 0.25) is 0 Å². The van der Waals surface area contributed by atoms with Crippen LogP contribution in [0.25, 0.3) is 10.9 Å². The quantitative estimate of drug-likeness (QED) is 0.734. The lowest BCUT2D eigenvalue weighted by Crippen LogP contribution is -1.99. The molecule has 0 amide bonds. The van der Waals surface area contributed by atoms with Crippen LogP contribution >= 0.6 is 0 Å². The highest BCUT2D eigenvalue weighted by molar-refractivity contribution is 5.82. The normalized spacial score (nSPS) is 11.2. The number of pyridine rings is 1. The van der Waals surface area contributed by atoms with Gasteiger partial charge < -0.3 is 0 Å². The maximum absolute atomic E-state index is 4.59. The van der Waals surface area contributed by atoms with Crippen LogP contribution in [0.3, 0.4) is 0 Å². The molecule has 2 rings (SSSR count). The zero-order valence-corrected chi connectivity index (χ0v) is 10.3. The molecule has 0 spiro atoms. The molecule has 0 aliphatic rings. The molecular weight excluding hydrogens is 194 g/mol. The van der Waals surface area contributed by atoms with Crippen LogP contribution in [0.1, 0.15) is 43.9 Å². The minimum Gasteiger partial charge on any atom is -0.253 e. The molecule has 0 atom stereocenters. The van der Waals surface area contributed by atoms with E-state index in [0.29, 0.717) is 5.92 Å². The van der Waals surface area contributed by atoms with Crippen LogP contribution in [0.15, 0.2) is 30.3 Å². The number of rotatable bonds is 3. The molecule has 1 aromatic heterocycles. The molecule has 16 heavy (non-hydrogen) atoms. The van der Waals surface area contributed by atoms with E-state index in [-0.39, 0.29) is 0 Å². The molecule has 0 saturated carbocycles. The van der Waals surface area contributed by atoms with Crippen molar-refractivity contribution < 1.29 is 0 Å². The van der Waals surface area contributed by atoms with Gasteiger partial charge in [0.15, 0.2) is 0 Å². The Bertz CT molecular complexity index is 484. The Morgan fingerprint density at radius 1 is 1.12 bits per heavy atom. The van der Waals surface area contributed by atoms with Gasteiger partial charge in [0.05, 0.1) is 5.52 Å². The Kier molecular flexibility index (Phi) is 3.23. The van der Waals surface area contributed by atoms with Crippen molar-refractivity contribution in [2.75, 3.05) is 0 Å². The number of hydrogen-bond acceptors (Lipinski definition) is 1. The zero-order chi connectivity index (χ0) is 11.5. The van der Waals surface area contributed by atoms with E-state index in [0.717, 1.165) is 11.2 Å². The zero-order valence-electron chi connectivity index (χ0n) is 10.3. The summed E-state index contributed by atoms with van der Waals surface area (Å²) in [6.45, 7) is 6.61. The molecule has 1 heteroatoms. The number of benzene rings is 1. The highest BCUT2D eigenvalue weighted by atomic mass is 14.7. The van der Waals surface area contributed by atoms with E-state index >= 15 is 0 Å². The summed E-state index contributed by atoms with van der Waals surface area (Å²) in [7, 11) is 0. The molecular formula is C15H19N. The molecule has 1 nitrogen and oxygen atoms in total. The Morgan fingerprint density at radius 3 is 2.50 bits per heavy atom. The van der Waals surface area contributed by atoms with Crippen molar-refractivity contribution in [3.8, 4) is 0 Å². The molecule has 0 aliphatic heterocycles. The first-order chi connectivity index (χ1) is 7.76. The predicted molar refractivity (Wildman–Crippen MR) is 69.8 cm³/mol. The van der Waals surface area contributed by atoms with Crippen LogP contribution < -0.4 is 0 Å². The molecule has 1 aromatic carbocycles. The van der Waals surface area contributed by atoms with E-state index in [9.17, 15) is 0 Å². The standard InChI is InChI=1S/C15H19N/c1-4-12(5-2)14-10-11(3)16-15-9-7-6-8-13(14)15/h6-10,12H,4-5H2,1-3H3. The monoisotopic (exact) mass is 213 g/mol. The Hall–Kier alpha value is -1.37. The van der Waals surface area contributed by atoms with Crippen molar-refractivity contribution in [2.24, 2.45) is 0 Å². The summed E-state index contributed by atoms with van der Waals surface area (Å²) in [5, 5.41) is 1.32. The maximum atomic E-state index is 4.59. The SMILES string of the molecule is CCC(CC)c1cc(C)nc2ccccc12. The van der Waals surface area contributed by atoms with Gasteiger partial charge in [0.1, 0.15) is 0 Å². The first kappa shape index (κ1) is 11.1. The van der Waals surface area contributed by atoms with E-state index in [1.54, 1.807) is 0 Å². The van der Waals surface area contributed by atoms with Crippen LogP contribution in [-0.2, 0) is 0 Å². The van der Waals surface area contributed by atoms with Gasteiger partial charge in [-0.15, -0.1) is 0 Å². The Morgan fingerprint density at radius 2 is 1.81 bits per heavy atom. The van der Waals surface area contributed by atoms with Crippen molar-refractivity contribution in [1.82, 2.24) is 4.98 Å². The first-order valence-electron chi connectivity index (χ1n) is 6.12. The van der Waals surface area contributed by atoms with Crippen molar-refractivity contribution in [1.29, 1.82) is 0 Å². The van der Waals surface area contributed by atoms with E-state index in [2.05, 4.69) is 56.1 Å². The molecule has 0 radical (unpaired) electrons. The number of nitrogens with zero attached hydrogens (tertiary/aromatic N) is 1. The van der Waals surface area contributed by atoms with Crippen LogP contribution in [0.5, 0.6) is 0 Å². The van der Waals surface area contributed by atoms with Gasteiger partial charge in [0.25, 0.3) is 0 Å². The largest absolute Gasteiger partial charge is 0.253 e. The lowest BCUT2D eigenvalue weighted by Gasteiger charge is -2.16. The second-order valence-corrected chi connectivity index (χ2v) is 4.38. The van der Waals surface area contributed by atoms with Gasteiger partial charge in [-0.25, -0.2) is 0 Å². The van der Waals surface area contributed by atoms with E-state index in [1.807, 2.05) is 0 Å². The van der Waals surface area contributed by atoms with Crippen LogP contribution in [0.4, 0.5) is 0 Å². The number of fused-ring (bicyclic) bond motifs is 1. The van der Waals surface area contributed by atoms with Crippen molar-refractivity contribution in [3.05, 3.63) is 41.6 Å². The van der Waals surface area contributed by atoms with Crippen LogP contribution in [-0.4, -0.2) is 4.98 Å². The molecule has 84 valence electrons. The number of aryl methyl sites for hydroxylation is 1. The third-order valence-corrected chi connectivity index (χ3v) is 3.30. The first-order valence-corrected chi connectivity index (χ1v) is 6.12. The Labute approximate surface area is 97.5 Å². The van der Waals surface area contributed by atoms with Gasteiger partial charge in [-0.3, -0.25) is 4.98 Å². The lowest BCUT2D eigenvalue weighted by molar-refractivity contribution is 0.645. The molecule has 0 fully saturated rings. The molecule has 0 saturated heterocycles. The van der Waals surface area contributed by atoms with Crippen molar-refractivity contribution in [2.45, 2.75) is 39.5 Å². The van der Waals surface area contributed by atoms with Gasteiger partial charge >= 0.3 is 0 Å². The number of aromatic nitrogens is 1. The molecule has 0 aliphatic carbocycles. The lowest BCUT2D eigenvalue weighted by atomic mass is 9.91. The summed E-state index contributed by atoms with van der Waals surface area (Å²) >= 11 is 0. The highest BCUT2D eigenvalue weighted by Gasteiger charge is 2.11. The minimum atomic E-state index is 0.659. The molecule has 0 N–H and O–H groups in total. The van der Waals surface area contributed by atoms with E-state index in [1.165, 1.54) is 23.8 Å². The molecule has 1 heterocycles. The van der Waals surface area contributed by atoms with Crippen molar-refractivity contribution in [3.63, 3.8) is 0 Å². The van der Waals surface area contributed by atoms with Gasteiger partial charge in [-0.05, 0) is 43.4 Å². The van der Waals surface area contributed by atoms with Gasteiger partial charge in [-0.1, -0.05) is 32.0 Å². The van der Waals surface area contributed by atoms with Gasteiger partial charge in [0, 0.05) is 11.1 Å². The summed E-state index contributed by atoms with van der Waals surface area (Å²) in [6.07, 6.45) is 2.40. The average molecular weight is 213 g/mol. The number of para-hydroxylation sites is 1. The smallest absolute Gasteiger partial charge is 0.0708 e.